The molecule has 8 rings (SSSR count). The molecule has 0 unspecified atom stereocenters. The minimum absolute atomic E-state index is 0.294. The lowest BCUT2D eigenvalue weighted by molar-refractivity contribution is -0.156. The number of amides is 3. The summed E-state index contributed by atoms with van der Waals surface area (Å²) in [5, 5.41) is 2.59. The molecule has 0 aliphatic carbocycles. The fourth-order valence-corrected chi connectivity index (χ4v) is 8.86. The summed E-state index contributed by atoms with van der Waals surface area (Å²) in [6.07, 6.45) is 4.12. The summed E-state index contributed by atoms with van der Waals surface area (Å²) in [6.45, 7) is 18.1. The zero-order chi connectivity index (χ0) is 54.5. The molecule has 12 heteroatoms. The molecule has 76 heavy (non-hydrogen) atoms. The van der Waals surface area contributed by atoms with E-state index in [2.05, 4.69) is 108 Å². The second-order valence-electron chi connectivity index (χ2n) is 22.4. The average molecular weight is 1030 g/mol. The molecule has 1 atom stereocenters. The maximum absolute atomic E-state index is 13.7. The molecule has 2 heterocycles. The summed E-state index contributed by atoms with van der Waals surface area (Å²) in [6, 6.07) is 48.6. The Morgan fingerprint density at radius 1 is 0.474 bits per heavy atom. The van der Waals surface area contributed by atoms with E-state index in [0.717, 1.165) is 71.5 Å². The van der Waals surface area contributed by atoms with Gasteiger partial charge >= 0.3 is 18.2 Å². The lowest BCUT2D eigenvalue weighted by Gasteiger charge is -2.27. The minimum atomic E-state index is -1.14. The van der Waals surface area contributed by atoms with Gasteiger partial charge in [-0.2, -0.15) is 0 Å². The molecular formula is C64H75N3O9. The van der Waals surface area contributed by atoms with Crippen LogP contribution in [0.15, 0.2) is 146 Å². The highest BCUT2D eigenvalue weighted by Crippen LogP contribution is 2.34. The fourth-order valence-electron chi connectivity index (χ4n) is 8.86. The number of anilines is 2. The van der Waals surface area contributed by atoms with E-state index in [1.807, 2.05) is 63.2 Å². The highest BCUT2D eigenvalue weighted by atomic mass is 16.6. The Bertz CT molecular complexity index is 2850. The van der Waals surface area contributed by atoms with Crippen molar-refractivity contribution in [2.24, 2.45) is 0 Å². The third-order valence-corrected chi connectivity index (χ3v) is 12.5. The van der Waals surface area contributed by atoms with Gasteiger partial charge in [-0.05, 0) is 182 Å². The van der Waals surface area contributed by atoms with Crippen LogP contribution in [-0.2, 0) is 75.5 Å². The van der Waals surface area contributed by atoms with Gasteiger partial charge in [0.15, 0.2) is 0 Å². The number of nitrogens with one attached hydrogen (secondary N) is 1. The van der Waals surface area contributed by atoms with E-state index >= 15 is 0 Å². The van der Waals surface area contributed by atoms with E-state index in [9.17, 15) is 19.2 Å². The maximum atomic E-state index is 13.7. The smallest absolute Gasteiger partial charge is 0.414 e. The first-order valence-corrected chi connectivity index (χ1v) is 26.4. The lowest BCUT2D eigenvalue weighted by Crippen LogP contribution is -2.50. The molecule has 2 aliphatic heterocycles. The fraction of sp³-hybridized carbons (Fsp3) is 0.375. The zero-order valence-corrected chi connectivity index (χ0v) is 45.8. The molecule has 3 amide bonds. The van der Waals surface area contributed by atoms with Crippen LogP contribution in [0, 0.1) is 0 Å². The van der Waals surface area contributed by atoms with Crippen LogP contribution in [-0.4, -0.2) is 60.0 Å². The van der Waals surface area contributed by atoms with Crippen molar-refractivity contribution in [1.29, 1.82) is 0 Å². The molecule has 0 spiro atoms. The number of carbonyl (C=O) groups is 4. The number of rotatable bonds is 16. The molecule has 6 aromatic rings. The SMILES string of the molecule is CC(C)(C)OC(=O)C[C@@H](NC(=O)OC(C)(C)C)C(=O)N1CCc2cc(OCc3ccc(CCc4ccccc4)cc3)ccc21.CC(C)(C)OC(=O)N1CCc2cc(OCc3ccc(CCc4ccccc4)cc3)ccc21. The van der Waals surface area contributed by atoms with Crippen molar-refractivity contribution in [3.63, 3.8) is 0 Å². The number of carbonyl (C=O) groups excluding carboxylic acids is 4. The first kappa shape index (κ1) is 56.1. The lowest BCUT2D eigenvalue weighted by atomic mass is 10.0. The third-order valence-electron chi connectivity index (χ3n) is 12.5. The molecular weight excluding hydrogens is 955 g/mol. The van der Waals surface area contributed by atoms with Crippen molar-refractivity contribution in [3.05, 3.63) is 190 Å². The Morgan fingerprint density at radius 2 is 0.868 bits per heavy atom. The second kappa shape index (κ2) is 25.3. The number of hydrogen-bond acceptors (Lipinski definition) is 9. The summed E-state index contributed by atoms with van der Waals surface area (Å²) in [7, 11) is 0. The van der Waals surface area contributed by atoms with E-state index in [4.69, 9.17) is 23.7 Å². The Hall–Kier alpha value is -7.60. The summed E-state index contributed by atoms with van der Waals surface area (Å²) < 4.78 is 28.4. The van der Waals surface area contributed by atoms with Gasteiger partial charge in [0.05, 0.1) is 12.1 Å². The molecule has 400 valence electrons. The number of aryl methyl sites for hydroxylation is 4. The first-order valence-electron chi connectivity index (χ1n) is 26.4. The maximum Gasteiger partial charge on any atom is 0.414 e. The number of nitrogens with zero attached hydrogens (tertiary/aromatic N) is 2. The van der Waals surface area contributed by atoms with Gasteiger partial charge in [0, 0.05) is 18.8 Å². The van der Waals surface area contributed by atoms with E-state index in [-0.39, 0.29) is 12.5 Å². The van der Waals surface area contributed by atoms with Crippen molar-refractivity contribution in [3.8, 4) is 11.5 Å². The van der Waals surface area contributed by atoms with Gasteiger partial charge in [-0.25, -0.2) is 9.59 Å². The molecule has 0 radical (unpaired) electrons. The van der Waals surface area contributed by atoms with Crippen LogP contribution in [0.25, 0.3) is 0 Å². The van der Waals surface area contributed by atoms with Crippen molar-refractivity contribution in [1.82, 2.24) is 5.32 Å². The zero-order valence-electron chi connectivity index (χ0n) is 45.8. The van der Waals surface area contributed by atoms with Gasteiger partial charge < -0.3 is 33.9 Å². The predicted molar refractivity (Wildman–Crippen MR) is 299 cm³/mol. The van der Waals surface area contributed by atoms with Crippen LogP contribution >= 0.6 is 0 Å². The Labute approximate surface area is 449 Å². The minimum Gasteiger partial charge on any atom is -0.489 e. The Balaban J connectivity index is 0.000000232. The molecule has 1 N–H and O–H groups in total. The molecule has 0 fully saturated rings. The predicted octanol–water partition coefficient (Wildman–Crippen LogP) is 12.9. The molecule has 0 bridgehead atoms. The molecule has 0 saturated carbocycles. The van der Waals surface area contributed by atoms with Crippen LogP contribution in [0.5, 0.6) is 11.5 Å². The van der Waals surface area contributed by atoms with Crippen molar-refractivity contribution in [2.45, 2.75) is 143 Å². The summed E-state index contributed by atoms with van der Waals surface area (Å²) in [4.78, 5) is 54.6. The van der Waals surface area contributed by atoms with Crippen LogP contribution in [0.3, 0.4) is 0 Å². The number of hydrogen-bond donors (Lipinski definition) is 1. The van der Waals surface area contributed by atoms with Gasteiger partial charge in [0.25, 0.3) is 0 Å². The number of alkyl carbamates (subject to hydrolysis) is 1. The number of ether oxygens (including phenoxy) is 5. The largest absolute Gasteiger partial charge is 0.489 e. The Morgan fingerprint density at radius 3 is 1.30 bits per heavy atom. The van der Waals surface area contributed by atoms with Gasteiger partial charge in [0.2, 0.25) is 5.91 Å². The van der Waals surface area contributed by atoms with Crippen LogP contribution in [0.1, 0.15) is 113 Å². The van der Waals surface area contributed by atoms with Gasteiger partial charge in [-0.1, -0.05) is 109 Å². The van der Waals surface area contributed by atoms with E-state index in [1.165, 1.54) is 22.3 Å². The molecule has 0 saturated heterocycles. The average Bonchev–Trinajstić information content (AvgIpc) is 4.00. The summed E-state index contributed by atoms with van der Waals surface area (Å²) in [5.74, 6) is 0.548. The third kappa shape index (κ3) is 17.5. The highest BCUT2D eigenvalue weighted by molar-refractivity contribution is 6.02. The van der Waals surface area contributed by atoms with E-state index in [1.54, 1.807) is 51.3 Å². The quantitative estimate of drug-likeness (QED) is 0.0743. The highest BCUT2D eigenvalue weighted by Gasteiger charge is 2.35. The van der Waals surface area contributed by atoms with E-state index in [0.29, 0.717) is 38.5 Å². The summed E-state index contributed by atoms with van der Waals surface area (Å²) >= 11 is 0. The normalized spacial score (nSPS) is 13.3. The topological polar surface area (TPSA) is 133 Å². The molecule has 6 aromatic carbocycles. The Kier molecular flexibility index (Phi) is 18.7. The second-order valence-corrected chi connectivity index (χ2v) is 22.4. The van der Waals surface area contributed by atoms with Crippen molar-refractivity contribution in [2.75, 3.05) is 22.9 Å². The van der Waals surface area contributed by atoms with Crippen LogP contribution in [0.4, 0.5) is 21.0 Å². The first-order chi connectivity index (χ1) is 36.1. The number of esters is 1. The number of fused-ring (bicyclic) bond motifs is 2. The van der Waals surface area contributed by atoms with Crippen LogP contribution < -0.4 is 24.6 Å². The monoisotopic (exact) mass is 1030 g/mol. The van der Waals surface area contributed by atoms with Crippen molar-refractivity contribution < 1.29 is 42.9 Å². The van der Waals surface area contributed by atoms with E-state index < -0.39 is 40.8 Å². The van der Waals surface area contributed by atoms with Gasteiger partial charge in [-0.3, -0.25) is 14.5 Å². The van der Waals surface area contributed by atoms with Gasteiger partial charge in [0.1, 0.15) is 47.6 Å². The molecule has 0 aromatic heterocycles. The van der Waals surface area contributed by atoms with Gasteiger partial charge in [-0.15, -0.1) is 0 Å². The molecule has 12 nitrogen and oxygen atoms in total. The standard InChI is InChI=1S/C36H44N2O6.C28H31NO3/c1-35(2,3)43-32(39)23-30(37-34(41)44-36(4,5)6)33(40)38-21-20-28-22-29(18-19-31(28)38)42-24-27-16-14-26(15-17-27)13-12-25-10-8-7-9-11-25;1-28(2,3)32-27(30)29-18-17-24-19-25(15-16-26(24)29)31-20-23-13-11-22(12-14-23)10-9-21-7-5-4-6-8-21/h7-11,14-19,22,30H,12-13,20-21,23-24H2,1-6H3,(H,37,41);4-8,11-16,19H,9-10,17-18,20H2,1-3H3/t30-;/m1./s1. The summed E-state index contributed by atoms with van der Waals surface area (Å²) in [5.41, 5.74) is 9.25. The number of benzene rings is 6. The van der Waals surface area contributed by atoms with Crippen LogP contribution in [0.2, 0.25) is 0 Å². The molecule has 2 aliphatic rings. The van der Waals surface area contributed by atoms with Crippen molar-refractivity contribution >= 4 is 35.4 Å².